The van der Waals surface area contributed by atoms with Crippen LogP contribution in [0.5, 0.6) is 11.5 Å². The Labute approximate surface area is 214 Å². The maximum atomic E-state index is 13.5. The summed E-state index contributed by atoms with van der Waals surface area (Å²) in [5.74, 6) is 1.58. The van der Waals surface area contributed by atoms with Gasteiger partial charge in [0.15, 0.2) is 0 Å². The zero-order valence-corrected chi connectivity index (χ0v) is 21.7. The number of aromatic hydroxyl groups is 1. The summed E-state index contributed by atoms with van der Waals surface area (Å²) in [7, 11) is 1.59. The molecule has 36 heavy (non-hydrogen) atoms. The number of piperidine rings is 1. The van der Waals surface area contributed by atoms with E-state index >= 15 is 0 Å². The van der Waals surface area contributed by atoms with Gasteiger partial charge in [0.25, 0.3) is 0 Å². The van der Waals surface area contributed by atoms with Crippen LogP contribution in [0.3, 0.4) is 0 Å². The summed E-state index contributed by atoms with van der Waals surface area (Å²) in [6.07, 6.45) is 6.36. The van der Waals surface area contributed by atoms with Gasteiger partial charge in [-0.05, 0) is 93.8 Å². The number of amides is 1. The Morgan fingerprint density at radius 2 is 1.92 bits per heavy atom. The molecule has 0 bridgehead atoms. The minimum absolute atomic E-state index is 0.000447. The summed E-state index contributed by atoms with van der Waals surface area (Å²) < 4.78 is 5.41. The number of nitrogens with zero attached hydrogens (tertiary/aromatic N) is 3. The van der Waals surface area contributed by atoms with Crippen LogP contribution < -0.4 is 4.74 Å². The Balaban J connectivity index is 1.47. The number of pyridine rings is 1. The van der Waals surface area contributed by atoms with Gasteiger partial charge in [-0.15, -0.1) is 0 Å². The first-order chi connectivity index (χ1) is 17.3. The zero-order chi connectivity index (χ0) is 25.5. The molecule has 7 heteroatoms. The highest BCUT2D eigenvalue weighted by molar-refractivity contribution is 5.79. The maximum Gasteiger partial charge on any atom is 0.228 e. The van der Waals surface area contributed by atoms with E-state index in [1.807, 2.05) is 23.1 Å². The summed E-state index contributed by atoms with van der Waals surface area (Å²) in [5.41, 5.74) is 1.17. The molecule has 0 spiro atoms. The third-order valence-corrected chi connectivity index (χ3v) is 9.13. The van der Waals surface area contributed by atoms with Crippen LogP contribution in [-0.4, -0.2) is 75.8 Å². The van der Waals surface area contributed by atoms with E-state index in [9.17, 15) is 15.0 Å². The van der Waals surface area contributed by atoms with E-state index in [1.54, 1.807) is 25.4 Å². The number of benzene rings is 1. The third-order valence-electron chi connectivity index (χ3n) is 9.13. The summed E-state index contributed by atoms with van der Waals surface area (Å²) in [6.45, 7) is 7.21. The summed E-state index contributed by atoms with van der Waals surface area (Å²) in [5, 5.41) is 23.1. The van der Waals surface area contributed by atoms with Crippen LogP contribution in [0.25, 0.3) is 0 Å². The predicted molar refractivity (Wildman–Crippen MR) is 138 cm³/mol. The molecule has 3 unspecified atom stereocenters. The van der Waals surface area contributed by atoms with E-state index in [4.69, 9.17) is 4.74 Å². The fourth-order valence-electron chi connectivity index (χ4n) is 6.74. The normalized spacial score (nSPS) is 28.9. The van der Waals surface area contributed by atoms with E-state index in [0.29, 0.717) is 37.4 Å². The number of fused-ring (bicyclic) bond motifs is 1. The first-order valence-corrected chi connectivity index (χ1v) is 13.3. The van der Waals surface area contributed by atoms with Crippen LogP contribution in [0, 0.1) is 12.8 Å². The molecule has 3 fully saturated rings. The van der Waals surface area contributed by atoms with Gasteiger partial charge in [-0.3, -0.25) is 14.7 Å². The molecule has 7 nitrogen and oxygen atoms in total. The second-order valence-corrected chi connectivity index (χ2v) is 11.1. The molecule has 2 aliphatic heterocycles. The van der Waals surface area contributed by atoms with Crippen LogP contribution >= 0.6 is 0 Å². The summed E-state index contributed by atoms with van der Waals surface area (Å²) in [6, 6.07) is 9.09. The van der Waals surface area contributed by atoms with Crippen molar-refractivity contribution in [3.63, 3.8) is 0 Å². The highest BCUT2D eigenvalue weighted by Crippen LogP contribution is 2.53. The lowest BCUT2D eigenvalue weighted by Gasteiger charge is -2.57. The number of methoxy groups -OCH3 is 1. The number of aryl methyl sites for hydroxylation is 1. The monoisotopic (exact) mass is 493 g/mol. The first kappa shape index (κ1) is 25.0. The molecule has 1 aromatic heterocycles. The number of phenolic OH excluding ortho intramolecular Hbond substituents is 1. The van der Waals surface area contributed by atoms with Gasteiger partial charge in [0.2, 0.25) is 5.91 Å². The van der Waals surface area contributed by atoms with Gasteiger partial charge < -0.3 is 19.8 Å². The van der Waals surface area contributed by atoms with Crippen molar-refractivity contribution in [1.82, 2.24) is 14.8 Å². The molecule has 194 valence electrons. The number of aromatic nitrogens is 1. The van der Waals surface area contributed by atoms with Crippen molar-refractivity contribution in [2.75, 3.05) is 33.3 Å². The molecule has 3 atom stereocenters. The van der Waals surface area contributed by atoms with Crippen molar-refractivity contribution in [2.24, 2.45) is 5.92 Å². The average Bonchev–Trinajstić information content (AvgIpc) is 3.70. The summed E-state index contributed by atoms with van der Waals surface area (Å²) in [4.78, 5) is 22.2. The molecule has 0 radical (unpaired) electrons. The number of ether oxygens (including phenoxy) is 1. The maximum absolute atomic E-state index is 13.5. The fourth-order valence-corrected chi connectivity index (χ4v) is 6.74. The topological polar surface area (TPSA) is 86.1 Å². The number of phenols is 1. The molecule has 1 aromatic carbocycles. The molecule has 5 rings (SSSR count). The van der Waals surface area contributed by atoms with E-state index in [0.717, 1.165) is 36.6 Å². The predicted octanol–water partition coefficient (Wildman–Crippen LogP) is 3.44. The van der Waals surface area contributed by atoms with Crippen molar-refractivity contribution in [1.29, 1.82) is 0 Å². The minimum atomic E-state index is -1.02. The van der Waals surface area contributed by atoms with Gasteiger partial charge in [0.05, 0.1) is 24.8 Å². The third kappa shape index (κ3) is 4.37. The molecule has 2 aromatic rings. The second-order valence-electron chi connectivity index (χ2n) is 11.1. The molecular weight excluding hydrogens is 454 g/mol. The Morgan fingerprint density at radius 3 is 2.67 bits per heavy atom. The minimum Gasteiger partial charge on any atom is -0.508 e. The van der Waals surface area contributed by atoms with Crippen LogP contribution in [-0.2, 0) is 16.6 Å². The van der Waals surface area contributed by atoms with Gasteiger partial charge >= 0.3 is 0 Å². The van der Waals surface area contributed by atoms with Crippen molar-refractivity contribution >= 4 is 5.91 Å². The average molecular weight is 494 g/mol. The Morgan fingerprint density at radius 1 is 1.17 bits per heavy atom. The zero-order valence-electron chi connectivity index (χ0n) is 21.7. The standard InChI is InChI=1S/C29H39N3O4/c1-20-6-9-23(33)17-24(20)28-10-14-31(27(34)18-25-26(36-3)5-4-13-30-25)16-12-29(28,35)21(2)32(15-11-28)19-22-7-8-22/h4-6,9,13,17,21-22,33,35H,7-8,10-12,14-16,18-19H2,1-3H3. The molecule has 3 aliphatic rings. The molecular formula is C29H39N3O4. The van der Waals surface area contributed by atoms with Crippen LogP contribution in [0.4, 0.5) is 0 Å². The van der Waals surface area contributed by atoms with E-state index in [2.05, 4.69) is 23.7 Å². The van der Waals surface area contributed by atoms with Gasteiger partial charge in [-0.25, -0.2) is 0 Å². The number of rotatable bonds is 6. The van der Waals surface area contributed by atoms with Crippen molar-refractivity contribution in [3.05, 3.63) is 53.3 Å². The van der Waals surface area contributed by atoms with Gasteiger partial charge in [0, 0.05) is 37.3 Å². The highest BCUT2D eigenvalue weighted by atomic mass is 16.5. The molecule has 1 saturated carbocycles. The molecule has 2 saturated heterocycles. The lowest BCUT2D eigenvalue weighted by molar-refractivity contribution is -0.137. The van der Waals surface area contributed by atoms with Gasteiger partial charge in [-0.1, -0.05) is 6.07 Å². The number of carbonyl (C=O) groups is 1. The summed E-state index contributed by atoms with van der Waals surface area (Å²) >= 11 is 0. The van der Waals surface area contributed by atoms with E-state index < -0.39 is 11.0 Å². The van der Waals surface area contributed by atoms with Gasteiger partial charge in [-0.2, -0.15) is 0 Å². The number of hydrogen-bond acceptors (Lipinski definition) is 6. The Bertz CT molecular complexity index is 1120. The quantitative estimate of drug-likeness (QED) is 0.641. The molecule has 2 N–H and O–H groups in total. The van der Waals surface area contributed by atoms with E-state index in [1.165, 1.54) is 12.8 Å². The smallest absolute Gasteiger partial charge is 0.228 e. The first-order valence-electron chi connectivity index (χ1n) is 13.3. The Hall–Kier alpha value is -2.64. The van der Waals surface area contributed by atoms with Gasteiger partial charge in [0.1, 0.15) is 11.5 Å². The van der Waals surface area contributed by atoms with E-state index in [-0.39, 0.29) is 24.1 Å². The number of aliphatic hydroxyl groups is 1. The van der Waals surface area contributed by atoms with Crippen molar-refractivity contribution in [2.45, 2.75) is 69.4 Å². The molecule has 1 amide bonds. The largest absolute Gasteiger partial charge is 0.508 e. The Kier molecular flexibility index (Phi) is 6.72. The highest BCUT2D eigenvalue weighted by Gasteiger charge is 2.59. The second kappa shape index (κ2) is 9.67. The number of carbonyl (C=O) groups excluding carboxylic acids is 1. The fraction of sp³-hybridized carbons (Fsp3) is 0.586. The molecule has 1 aliphatic carbocycles. The van der Waals surface area contributed by atoms with Crippen LogP contribution in [0.15, 0.2) is 36.5 Å². The molecule has 3 heterocycles. The lowest BCUT2D eigenvalue weighted by atomic mass is 9.57. The van der Waals surface area contributed by atoms with Crippen LogP contribution in [0.1, 0.15) is 55.8 Å². The van der Waals surface area contributed by atoms with Crippen LogP contribution in [0.2, 0.25) is 0 Å². The van der Waals surface area contributed by atoms with Crippen molar-refractivity contribution < 1.29 is 19.7 Å². The lowest BCUT2D eigenvalue weighted by Crippen LogP contribution is -2.68. The van der Waals surface area contributed by atoms with Crippen molar-refractivity contribution in [3.8, 4) is 11.5 Å². The number of likely N-dealkylation sites (tertiary alicyclic amines) is 2. The number of hydrogen-bond donors (Lipinski definition) is 2. The SMILES string of the molecule is COc1cccnc1CC(=O)N1CCC2(c3cc(O)ccc3C)CCN(CC3CC3)C(C)C2(O)CC1.